The van der Waals surface area contributed by atoms with Gasteiger partial charge in [-0.3, -0.25) is 4.79 Å². The second-order valence-corrected chi connectivity index (χ2v) is 1.14. The summed E-state index contributed by atoms with van der Waals surface area (Å²) in [7, 11) is 0. The molecule has 2 nitrogen and oxygen atoms in total. The Morgan fingerprint density at radius 2 is 2.57 bits per heavy atom. The summed E-state index contributed by atoms with van der Waals surface area (Å²) in [6.07, 6.45) is 0. The number of thiocarbonyl (C=S) groups is 1. The lowest BCUT2D eigenvalue weighted by Crippen LogP contribution is -2.22. The molecule has 0 aromatic heterocycles. The number of nitrogens with one attached hydrogen (secondary N) is 1. The van der Waals surface area contributed by atoms with Crippen LogP contribution in [-0.4, -0.2) is 17.8 Å². The van der Waals surface area contributed by atoms with Crippen LogP contribution in [0.3, 0.4) is 0 Å². The highest BCUT2D eigenvalue weighted by molar-refractivity contribution is 7.80. The van der Waals surface area contributed by atoms with E-state index in [9.17, 15) is 4.79 Å². The molecule has 0 aliphatic heterocycles. The molecule has 0 fully saturated rings. The first-order chi connectivity index (χ1) is 3.31. The number of carbonyl (C=O) groups is 1. The fraction of sp³-hybridized carbons (Fsp3) is 0.250. The van der Waals surface area contributed by atoms with Gasteiger partial charge < -0.3 is 5.32 Å². The third-order valence-electron chi connectivity index (χ3n) is 0.406. The minimum absolute atomic E-state index is 0.245. The molecule has 1 radical (unpaired) electrons. The Balaban J connectivity index is 3.17. The molecule has 1 N–H and O–H groups in total. The molecule has 0 atom stereocenters. The van der Waals surface area contributed by atoms with Gasteiger partial charge in [0, 0.05) is 6.54 Å². The zero-order valence-corrected chi connectivity index (χ0v) is 4.62. The molecule has 0 heterocycles. The van der Waals surface area contributed by atoms with Gasteiger partial charge in [0.1, 0.15) is 0 Å². The Morgan fingerprint density at radius 1 is 2.00 bits per heavy atom. The molecule has 3 heteroatoms. The second kappa shape index (κ2) is 3.74. The van der Waals surface area contributed by atoms with Gasteiger partial charge in [-0.15, -0.1) is 0 Å². The highest BCUT2D eigenvalue weighted by Crippen LogP contribution is 1.55. The van der Waals surface area contributed by atoms with E-state index in [1.54, 1.807) is 0 Å². The van der Waals surface area contributed by atoms with Gasteiger partial charge in [0.2, 0.25) is 0 Å². The SMILES string of the molecule is [CH2]CNC(=O)C=S. The van der Waals surface area contributed by atoms with Gasteiger partial charge in [-0.1, -0.05) is 12.2 Å². The molecule has 0 aromatic rings. The number of carbonyl (C=O) groups excluding carboxylic acids is 1. The first kappa shape index (κ1) is 6.56. The van der Waals surface area contributed by atoms with Gasteiger partial charge in [-0.25, -0.2) is 0 Å². The minimum atomic E-state index is -0.245. The summed E-state index contributed by atoms with van der Waals surface area (Å²) in [5.41, 5.74) is 0. The van der Waals surface area contributed by atoms with Crippen molar-refractivity contribution in [2.75, 3.05) is 6.54 Å². The van der Waals surface area contributed by atoms with E-state index in [-0.39, 0.29) is 5.91 Å². The van der Waals surface area contributed by atoms with E-state index in [1.807, 2.05) is 0 Å². The molecule has 0 saturated carbocycles. The molecule has 0 saturated heterocycles. The van der Waals surface area contributed by atoms with E-state index in [0.29, 0.717) is 6.54 Å². The van der Waals surface area contributed by atoms with Crippen LogP contribution in [-0.2, 0) is 4.79 Å². The first-order valence-electron chi connectivity index (χ1n) is 1.83. The van der Waals surface area contributed by atoms with Crippen LogP contribution in [0.1, 0.15) is 0 Å². The molecule has 0 bridgehead atoms. The average Bonchev–Trinajstić information content (AvgIpc) is 1.68. The van der Waals surface area contributed by atoms with Crippen LogP contribution in [0.2, 0.25) is 0 Å². The van der Waals surface area contributed by atoms with Gasteiger partial charge in [0.05, 0.1) is 5.37 Å². The Kier molecular flexibility index (Phi) is 3.50. The summed E-state index contributed by atoms with van der Waals surface area (Å²) in [5, 5.41) is 3.43. The summed E-state index contributed by atoms with van der Waals surface area (Å²) in [6, 6.07) is 0. The molecule has 1 amide bonds. The molecule has 0 aromatic carbocycles. The van der Waals surface area contributed by atoms with E-state index in [2.05, 4.69) is 24.5 Å². The van der Waals surface area contributed by atoms with E-state index in [0.717, 1.165) is 5.37 Å². The highest BCUT2D eigenvalue weighted by Gasteiger charge is 1.85. The van der Waals surface area contributed by atoms with Crippen LogP contribution in [0, 0.1) is 6.92 Å². The maximum absolute atomic E-state index is 10.1. The fourth-order valence-electron chi connectivity index (χ4n) is 0.165. The monoisotopic (exact) mass is 116 g/mol. The summed E-state index contributed by atoms with van der Waals surface area (Å²) in [4.78, 5) is 10.1. The van der Waals surface area contributed by atoms with Crippen molar-refractivity contribution >= 4 is 23.5 Å². The van der Waals surface area contributed by atoms with Crippen LogP contribution in [0.25, 0.3) is 0 Å². The van der Waals surface area contributed by atoms with Gasteiger partial charge in [-0.2, -0.15) is 0 Å². The van der Waals surface area contributed by atoms with Crippen LogP contribution < -0.4 is 5.32 Å². The largest absolute Gasteiger partial charge is 0.352 e. The lowest BCUT2D eigenvalue weighted by molar-refractivity contribution is -0.114. The predicted molar refractivity (Wildman–Crippen MR) is 32.0 cm³/mol. The van der Waals surface area contributed by atoms with Crippen molar-refractivity contribution in [2.45, 2.75) is 0 Å². The average molecular weight is 116 g/mol. The molecular weight excluding hydrogens is 110 g/mol. The van der Waals surface area contributed by atoms with Gasteiger partial charge in [-0.05, 0) is 6.92 Å². The van der Waals surface area contributed by atoms with Crippen LogP contribution >= 0.6 is 12.2 Å². The number of hydrogen-bond acceptors (Lipinski definition) is 2. The van der Waals surface area contributed by atoms with Crippen molar-refractivity contribution < 1.29 is 4.79 Å². The second-order valence-electron chi connectivity index (χ2n) is 0.909. The van der Waals surface area contributed by atoms with Gasteiger partial charge in [0.15, 0.2) is 0 Å². The van der Waals surface area contributed by atoms with Crippen LogP contribution in [0.5, 0.6) is 0 Å². The van der Waals surface area contributed by atoms with Crippen molar-refractivity contribution in [1.29, 1.82) is 0 Å². The predicted octanol–water partition coefficient (Wildman–Crippen LogP) is -0.0636. The molecule has 0 spiro atoms. The third kappa shape index (κ3) is 3.39. The molecule has 0 aliphatic carbocycles. The minimum Gasteiger partial charge on any atom is -0.352 e. The lowest BCUT2D eigenvalue weighted by atomic mass is 10.6. The van der Waals surface area contributed by atoms with E-state index < -0.39 is 0 Å². The standard InChI is InChI=1S/C4H6NOS/c1-2-5-4(6)3-7/h3H,1-2H2,(H,5,6). The van der Waals surface area contributed by atoms with E-state index in [4.69, 9.17) is 0 Å². The highest BCUT2D eigenvalue weighted by atomic mass is 32.1. The summed E-state index contributed by atoms with van der Waals surface area (Å²) >= 11 is 4.28. The smallest absolute Gasteiger partial charge is 0.254 e. The zero-order chi connectivity index (χ0) is 5.70. The Bertz CT molecular complexity index is 81.8. The molecule has 7 heavy (non-hydrogen) atoms. The first-order valence-corrected chi connectivity index (χ1v) is 2.30. The summed E-state index contributed by atoms with van der Waals surface area (Å²) in [6.45, 7) is 3.77. The maximum Gasteiger partial charge on any atom is 0.254 e. The van der Waals surface area contributed by atoms with Crippen molar-refractivity contribution in [2.24, 2.45) is 0 Å². The lowest BCUT2D eigenvalue weighted by Gasteiger charge is -1.89. The molecular formula is C4H6NOS. The summed E-state index contributed by atoms with van der Waals surface area (Å²) in [5.74, 6) is -0.245. The summed E-state index contributed by atoms with van der Waals surface area (Å²) < 4.78 is 0. The zero-order valence-electron chi connectivity index (χ0n) is 3.81. The van der Waals surface area contributed by atoms with Crippen molar-refractivity contribution in [1.82, 2.24) is 5.32 Å². The maximum atomic E-state index is 10.1. The normalized spacial score (nSPS) is 7.57. The van der Waals surface area contributed by atoms with E-state index >= 15 is 0 Å². The van der Waals surface area contributed by atoms with Crippen LogP contribution in [0.4, 0.5) is 0 Å². The number of hydrogen-bond donors (Lipinski definition) is 1. The van der Waals surface area contributed by atoms with Gasteiger partial charge >= 0.3 is 0 Å². The van der Waals surface area contributed by atoms with Gasteiger partial charge in [0.25, 0.3) is 5.91 Å². The Morgan fingerprint density at radius 3 is 2.71 bits per heavy atom. The van der Waals surface area contributed by atoms with Crippen molar-refractivity contribution in [3.63, 3.8) is 0 Å². The van der Waals surface area contributed by atoms with Crippen molar-refractivity contribution in [3.8, 4) is 0 Å². The van der Waals surface area contributed by atoms with Crippen LogP contribution in [0.15, 0.2) is 0 Å². The van der Waals surface area contributed by atoms with E-state index in [1.165, 1.54) is 0 Å². The molecule has 0 unspecified atom stereocenters. The fourth-order valence-corrected chi connectivity index (χ4v) is 0.248. The number of rotatable bonds is 2. The number of amides is 1. The van der Waals surface area contributed by atoms with Crippen molar-refractivity contribution in [3.05, 3.63) is 6.92 Å². The Hall–Kier alpha value is -0.440. The molecule has 39 valence electrons. The molecule has 0 aliphatic rings. The topological polar surface area (TPSA) is 29.1 Å². The molecule has 0 rings (SSSR count). The quantitative estimate of drug-likeness (QED) is 0.512. The third-order valence-corrected chi connectivity index (χ3v) is 0.620. The Labute approximate surface area is 47.9 Å².